The van der Waals surface area contributed by atoms with E-state index in [4.69, 9.17) is 0 Å². The van der Waals surface area contributed by atoms with Gasteiger partial charge in [-0.1, -0.05) is 48.5 Å². The van der Waals surface area contributed by atoms with Crippen molar-refractivity contribution in [2.45, 2.75) is 23.1 Å². The molecule has 0 spiro atoms. The number of amides is 1. The van der Waals surface area contributed by atoms with E-state index in [-0.39, 0.29) is 10.8 Å². The second-order valence-electron chi connectivity index (χ2n) is 7.76. The third kappa shape index (κ3) is 4.40. The highest BCUT2D eigenvalue weighted by atomic mass is 32.2. The van der Waals surface area contributed by atoms with Gasteiger partial charge in [-0.2, -0.15) is 0 Å². The average Bonchev–Trinajstić information content (AvgIpc) is 3.33. The van der Waals surface area contributed by atoms with E-state index >= 15 is 0 Å². The summed E-state index contributed by atoms with van der Waals surface area (Å²) >= 11 is 1.34. The Hall–Kier alpha value is -3.49. The van der Waals surface area contributed by atoms with Gasteiger partial charge in [-0.25, -0.2) is 13.4 Å². The van der Waals surface area contributed by atoms with E-state index in [1.807, 2.05) is 60.0 Å². The van der Waals surface area contributed by atoms with Crippen LogP contribution in [0.25, 0.3) is 11.3 Å². The molecule has 3 aromatic carbocycles. The summed E-state index contributed by atoms with van der Waals surface area (Å²) in [6.07, 6.45) is 1.20. The summed E-state index contributed by atoms with van der Waals surface area (Å²) in [4.78, 5) is 17.3. The summed E-state index contributed by atoms with van der Waals surface area (Å²) in [5.41, 5.74) is 4.11. The number of benzene rings is 3. The number of anilines is 2. The zero-order chi connectivity index (χ0) is 22.8. The first kappa shape index (κ1) is 21.4. The topological polar surface area (TPSA) is 88.2 Å². The van der Waals surface area contributed by atoms with E-state index in [1.54, 1.807) is 0 Å². The highest BCUT2D eigenvalue weighted by molar-refractivity contribution is 7.92. The summed E-state index contributed by atoms with van der Waals surface area (Å²) in [6.45, 7) is 0. The molecule has 33 heavy (non-hydrogen) atoms. The molecule has 8 heteroatoms. The maximum atomic E-state index is 13.1. The summed E-state index contributed by atoms with van der Waals surface area (Å²) in [5.74, 6) is -0.336. The van der Waals surface area contributed by atoms with E-state index < -0.39 is 15.2 Å². The second kappa shape index (κ2) is 8.80. The maximum Gasteiger partial charge on any atom is 0.257 e. The number of sulfone groups is 1. The molecule has 1 aromatic heterocycles. The van der Waals surface area contributed by atoms with E-state index in [0.717, 1.165) is 22.5 Å². The van der Waals surface area contributed by atoms with Crippen LogP contribution in [0, 0.1) is 0 Å². The van der Waals surface area contributed by atoms with Crippen molar-refractivity contribution in [1.82, 2.24) is 4.98 Å². The fourth-order valence-corrected chi connectivity index (χ4v) is 6.12. The van der Waals surface area contributed by atoms with Crippen molar-refractivity contribution in [3.05, 3.63) is 95.4 Å². The van der Waals surface area contributed by atoms with Gasteiger partial charge in [0.1, 0.15) is 5.37 Å². The highest BCUT2D eigenvalue weighted by Gasteiger charge is 2.30. The van der Waals surface area contributed by atoms with Gasteiger partial charge in [-0.3, -0.25) is 10.1 Å². The summed E-state index contributed by atoms with van der Waals surface area (Å²) < 4.78 is 26.3. The van der Waals surface area contributed by atoms with Crippen LogP contribution in [-0.2, 0) is 16.3 Å². The number of hydrogen-bond acceptors (Lipinski definition) is 6. The molecule has 0 fully saturated rings. The van der Waals surface area contributed by atoms with Crippen molar-refractivity contribution in [1.29, 1.82) is 0 Å². The van der Waals surface area contributed by atoms with Gasteiger partial charge in [-0.05, 0) is 48.7 Å². The average molecular weight is 476 g/mol. The predicted molar refractivity (Wildman–Crippen MR) is 131 cm³/mol. The molecule has 2 N–H and O–H groups in total. The number of aryl methyl sites for hydroxylation is 1. The second-order valence-corrected chi connectivity index (χ2v) is 10.7. The summed E-state index contributed by atoms with van der Waals surface area (Å²) in [7, 11) is -3.59. The number of carbonyl (C=O) groups is 1. The third-order valence-corrected chi connectivity index (χ3v) is 8.41. The van der Waals surface area contributed by atoms with Crippen LogP contribution in [0.3, 0.4) is 0 Å². The molecule has 1 atom stereocenters. The lowest BCUT2D eigenvalue weighted by Gasteiger charge is -2.26. The molecule has 0 saturated heterocycles. The summed E-state index contributed by atoms with van der Waals surface area (Å²) in [6, 6.07) is 23.5. The molecule has 166 valence electrons. The smallest absolute Gasteiger partial charge is 0.257 e. The van der Waals surface area contributed by atoms with Crippen LogP contribution in [0.2, 0.25) is 0 Å². The zero-order valence-corrected chi connectivity index (χ0v) is 19.2. The van der Waals surface area contributed by atoms with Crippen LogP contribution in [-0.4, -0.2) is 24.7 Å². The molecule has 0 aliphatic carbocycles. The number of rotatable bonds is 5. The van der Waals surface area contributed by atoms with Gasteiger partial charge < -0.3 is 5.32 Å². The Labute approximate surface area is 196 Å². The lowest BCUT2D eigenvalue weighted by Crippen LogP contribution is -2.33. The Morgan fingerprint density at radius 1 is 0.970 bits per heavy atom. The van der Waals surface area contributed by atoms with Crippen molar-refractivity contribution in [2.24, 2.45) is 0 Å². The van der Waals surface area contributed by atoms with E-state index in [0.29, 0.717) is 23.5 Å². The van der Waals surface area contributed by atoms with Crippen molar-refractivity contribution in [2.75, 3.05) is 10.6 Å². The fourth-order valence-electron chi connectivity index (χ4n) is 3.85. The number of fused-ring (bicyclic) bond motifs is 1. The predicted octanol–water partition coefficient (Wildman–Crippen LogP) is 5.22. The molecule has 1 amide bonds. The number of carbonyl (C=O) groups excluding carboxylic acids is 1. The van der Waals surface area contributed by atoms with Crippen molar-refractivity contribution in [3.63, 3.8) is 0 Å². The molecule has 0 saturated carbocycles. The molecule has 1 unspecified atom stereocenters. The van der Waals surface area contributed by atoms with Crippen LogP contribution in [0.15, 0.2) is 89.1 Å². The van der Waals surface area contributed by atoms with Gasteiger partial charge in [-0.15, -0.1) is 11.3 Å². The fraction of sp³-hybridized carbons (Fsp3) is 0.120. The lowest BCUT2D eigenvalue weighted by atomic mass is 10.0. The van der Waals surface area contributed by atoms with E-state index in [1.165, 1.54) is 35.6 Å². The van der Waals surface area contributed by atoms with Crippen molar-refractivity contribution >= 4 is 37.9 Å². The molecule has 6 nitrogen and oxygen atoms in total. The quantitative estimate of drug-likeness (QED) is 0.413. The first-order chi connectivity index (χ1) is 16.0. The minimum atomic E-state index is -3.59. The molecule has 2 heterocycles. The molecular formula is C25H21N3O3S2. The molecular weight excluding hydrogens is 454 g/mol. The largest absolute Gasteiger partial charge is 0.369 e. The number of aromatic nitrogens is 1. The monoisotopic (exact) mass is 475 g/mol. The molecule has 0 bridgehead atoms. The number of para-hydroxylation sites is 1. The molecule has 1 aliphatic rings. The Balaban J connectivity index is 1.28. The van der Waals surface area contributed by atoms with Gasteiger partial charge in [0.2, 0.25) is 0 Å². The first-order valence-corrected chi connectivity index (χ1v) is 12.9. The van der Waals surface area contributed by atoms with E-state index in [9.17, 15) is 13.2 Å². The minimum Gasteiger partial charge on any atom is -0.369 e. The van der Waals surface area contributed by atoms with Gasteiger partial charge >= 0.3 is 0 Å². The Kier molecular flexibility index (Phi) is 5.70. The normalized spacial score (nSPS) is 15.3. The lowest BCUT2D eigenvalue weighted by molar-refractivity contribution is 0.102. The van der Waals surface area contributed by atoms with Crippen LogP contribution in [0.4, 0.5) is 10.8 Å². The number of thiazole rings is 1. The zero-order valence-electron chi connectivity index (χ0n) is 17.6. The number of nitrogens with zero attached hydrogens (tertiary/aromatic N) is 1. The standard InChI is InChI=1S/C25H21N3O3S2/c29-24(28-25-27-22(16-32-25)17-6-2-1-3-7-17)19-10-13-20(14-11-19)33(30,31)23-15-12-18-8-4-5-9-21(18)26-23/h1-11,13-14,16,23,26H,12,15H2,(H,27,28,29). The maximum absolute atomic E-state index is 13.1. The Morgan fingerprint density at radius 3 is 2.48 bits per heavy atom. The van der Waals surface area contributed by atoms with Gasteiger partial charge in [0.25, 0.3) is 5.91 Å². The third-order valence-electron chi connectivity index (χ3n) is 5.62. The minimum absolute atomic E-state index is 0.191. The molecule has 4 aromatic rings. The van der Waals surface area contributed by atoms with Crippen LogP contribution >= 0.6 is 11.3 Å². The molecule has 5 rings (SSSR count). The Bertz CT molecular complexity index is 1400. The van der Waals surface area contributed by atoms with Crippen molar-refractivity contribution in [3.8, 4) is 11.3 Å². The van der Waals surface area contributed by atoms with Gasteiger partial charge in [0.15, 0.2) is 15.0 Å². The van der Waals surface area contributed by atoms with Gasteiger partial charge in [0.05, 0.1) is 10.6 Å². The Morgan fingerprint density at radius 2 is 1.70 bits per heavy atom. The van der Waals surface area contributed by atoms with E-state index in [2.05, 4.69) is 15.6 Å². The molecule has 1 aliphatic heterocycles. The number of nitrogens with one attached hydrogen (secondary N) is 2. The first-order valence-electron chi connectivity index (χ1n) is 10.5. The van der Waals surface area contributed by atoms with Crippen LogP contribution < -0.4 is 10.6 Å². The molecule has 0 radical (unpaired) electrons. The highest BCUT2D eigenvalue weighted by Crippen LogP contribution is 2.30. The van der Waals surface area contributed by atoms with Crippen LogP contribution in [0.1, 0.15) is 22.3 Å². The van der Waals surface area contributed by atoms with Crippen LogP contribution in [0.5, 0.6) is 0 Å². The SMILES string of the molecule is O=C(Nc1nc(-c2ccccc2)cs1)c1ccc(S(=O)(=O)C2CCc3ccccc3N2)cc1. The van der Waals surface area contributed by atoms with Gasteiger partial charge in [0, 0.05) is 22.2 Å². The summed E-state index contributed by atoms with van der Waals surface area (Å²) in [5, 5.41) is 7.61. The number of hydrogen-bond donors (Lipinski definition) is 2. The van der Waals surface area contributed by atoms with Crippen molar-refractivity contribution < 1.29 is 13.2 Å².